The van der Waals surface area contributed by atoms with Gasteiger partial charge in [0.05, 0.1) is 17.8 Å². The van der Waals surface area contributed by atoms with Crippen molar-refractivity contribution < 1.29 is 37.5 Å². The van der Waals surface area contributed by atoms with Gasteiger partial charge in [0.2, 0.25) is 0 Å². The van der Waals surface area contributed by atoms with Crippen LogP contribution in [0.3, 0.4) is 0 Å². The maximum absolute atomic E-state index is 15.1. The minimum absolute atomic E-state index is 0.0889. The third-order valence-electron chi connectivity index (χ3n) is 6.18. The van der Waals surface area contributed by atoms with E-state index in [-0.39, 0.29) is 42.9 Å². The van der Waals surface area contributed by atoms with Gasteiger partial charge in [0.25, 0.3) is 11.8 Å². The molecule has 9 nitrogen and oxygen atoms in total. The monoisotopic (exact) mass is 609 g/mol. The molecule has 220 valence electrons. The van der Waals surface area contributed by atoms with Gasteiger partial charge in [-0.25, -0.2) is 13.6 Å². The Bertz CT molecular complexity index is 1340. The number of benzene rings is 2. The zero-order chi connectivity index (χ0) is 30.5. The zero-order valence-corrected chi connectivity index (χ0v) is 24.5. The normalized spacial score (nSPS) is 21.6. The topological polar surface area (TPSA) is 122 Å². The van der Waals surface area contributed by atoms with Gasteiger partial charge in [-0.2, -0.15) is 9.59 Å². The molecule has 1 aliphatic carbocycles. The van der Waals surface area contributed by atoms with Crippen molar-refractivity contribution in [2.24, 2.45) is 0 Å². The summed E-state index contributed by atoms with van der Waals surface area (Å²) in [5.41, 5.74) is -1.28. The Labute approximate surface area is 245 Å². The number of hydrogen-bond acceptors (Lipinski definition) is 7. The predicted molar refractivity (Wildman–Crippen MR) is 148 cm³/mol. The maximum Gasteiger partial charge on any atom is 0.408 e. The van der Waals surface area contributed by atoms with E-state index in [9.17, 15) is 18.8 Å². The third-order valence-corrected chi connectivity index (χ3v) is 7.57. The van der Waals surface area contributed by atoms with Gasteiger partial charge in [-0.1, -0.05) is 23.7 Å². The standard InChI is InChI=1S/C27H30ClF2N3O4S.CO2/c1-26(2,3)37-25(36)32-20-14-38-22-10-19(29)18(23(34)31-17-11-27(4,30)12-17)9-21(22)33(24(20)35)13-15-5-7-16(28)8-6-15;2-1-3/h5-10,17,20H,11-14H2,1-4H3,(H,31,34)(H,32,36);/t17?,20-,27?;/m0./s1. The highest BCUT2D eigenvalue weighted by Crippen LogP contribution is 2.39. The van der Waals surface area contributed by atoms with Gasteiger partial charge in [-0.05, 0) is 57.5 Å². The number of nitrogens with zero attached hydrogens (tertiary/aromatic N) is 1. The Morgan fingerprint density at radius 1 is 1.17 bits per heavy atom. The largest absolute Gasteiger partial charge is 0.444 e. The van der Waals surface area contributed by atoms with E-state index in [1.54, 1.807) is 45.0 Å². The second kappa shape index (κ2) is 13.0. The molecule has 0 spiro atoms. The number of ether oxygens (including phenoxy) is 1. The fourth-order valence-electron chi connectivity index (χ4n) is 4.42. The fraction of sp³-hybridized carbons (Fsp3) is 0.429. The molecule has 0 bridgehead atoms. The van der Waals surface area contributed by atoms with Crippen molar-refractivity contribution >= 4 is 53.1 Å². The van der Waals surface area contributed by atoms with E-state index in [0.717, 1.165) is 5.56 Å². The van der Waals surface area contributed by atoms with Crippen LogP contribution >= 0.6 is 23.4 Å². The summed E-state index contributed by atoms with van der Waals surface area (Å²) in [4.78, 5) is 57.2. The van der Waals surface area contributed by atoms with Crippen molar-refractivity contribution in [3.63, 3.8) is 0 Å². The molecule has 13 heteroatoms. The van der Waals surface area contributed by atoms with Crippen molar-refractivity contribution in [3.05, 3.63) is 58.4 Å². The van der Waals surface area contributed by atoms with Crippen LogP contribution in [0.5, 0.6) is 0 Å². The summed E-state index contributed by atoms with van der Waals surface area (Å²) in [6, 6.07) is 8.08. The highest BCUT2D eigenvalue weighted by molar-refractivity contribution is 7.99. The van der Waals surface area contributed by atoms with E-state index in [0.29, 0.717) is 15.6 Å². The van der Waals surface area contributed by atoms with Gasteiger partial charge >= 0.3 is 12.2 Å². The van der Waals surface area contributed by atoms with Crippen LogP contribution in [0.2, 0.25) is 5.02 Å². The molecule has 1 saturated carbocycles. The first kappa shape index (κ1) is 32.0. The van der Waals surface area contributed by atoms with Gasteiger partial charge in [0, 0.05) is 34.6 Å². The van der Waals surface area contributed by atoms with Gasteiger partial charge in [0.15, 0.2) is 0 Å². The first-order valence-electron chi connectivity index (χ1n) is 12.6. The summed E-state index contributed by atoms with van der Waals surface area (Å²) in [5.74, 6) is -1.75. The molecule has 2 N–H and O–H groups in total. The number of anilines is 1. The molecule has 41 heavy (non-hydrogen) atoms. The summed E-state index contributed by atoms with van der Waals surface area (Å²) < 4.78 is 34.3. The summed E-state index contributed by atoms with van der Waals surface area (Å²) in [5, 5.41) is 5.82. The summed E-state index contributed by atoms with van der Waals surface area (Å²) >= 11 is 7.20. The number of hydrogen-bond donors (Lipinski definition) is 2. The Morgan fingerprint density at radius 2 is 1.78 bits per heavy atom. The van der Waals surface area contributed by atoms with Crippen LogP contribution in [-0.4, -0.2) is 53.2 Å². The lowest BCUT2D eigenvalue weighted by molar-refractivity contribution is -0.191. The minimum Gasteiger partial charge on any atom is -0.444 e. The molecule has 2 aliphatic rings. The summed E-state index contributed by atoms with van der Waals surface area (Å²) in [6.07, 6.45) is -0.193. The molecule has 1 fully saturated rings. The number of carbonyl (C=O) groups is 3. The Morgan fingerprint density at radius 3 is 2.34 bits per heavy atom. The number of alkyl carbamates (subject to hydrolysis) is 1. The van der Waals surface area contributed by atoms with Crippen LogP contribution in [0.15, 0.2) is 41.3 Å². The lowest BCUT2D eigenvalue weighted by Crippen LogP contribution is -2.51. The molecule has 0 unspecified atom stereocenters. The molecule has 1 heterocycles. The quantitative estimate of drug-likeness (QED) is 0.487. The minimum atomic E-state index is -1.35. The van der Waals surface area contributed by atoms with E-state index >= 15 is 4.39 Å². The van der Waals surface area contributed by atoms with E-state index < -0.39 is 41.0 Å². The molecule has 4 rings (SSSR count). The second-order valence-corrected chi connectivity index (χ2v) is 12.4. The average molecular weight is 610 g/mol. The maximum atomic E-state index is 15.1. The van der Waals surface area contributed by atoms with Gasteiger partial charge in [0.1, 0.15) is 23.1 Å². The molecule has 1 atom stereocenters. The number of halogens is 3. The number of fused-ring (bicyclic) bond motifs is 1. The first-order valence-corrected chi connectivity index (χ1v) is 14.0. The van der Waals surface area contributed by atoms with E-state index in [4.69, 9.17) is 25.9 Å². The predicted octanol–water partition coefficient (Wildman–Crippen LogP) is 5.05. The summed E-state index contributed by atoms with van der Waals surface area (Å²) in [6.45, 7) is 6.69. The number of rotatable bonds is 5. The highest BCUT2D eigenvalue weighted by Gasteiger charge is 2.42. The van der Waals surface area contributed by atoms with Crippen LogP contribution in [0.25, 0.3) is 0 Å². The Kier molecular flexibility index (Phi) is 10.2. The highest BCUT2D eigenvalue weighted by atomic mass is 35.5. The van der Waals surface area contributed by atoms with Crippen molar-refractivity contribution in [2.75, 3.05) is 10.7 Å². The molecular formula is C28H30ClF2N3O6S. The molecular weight excluding hydrogens is 580 g/mol. The Balaban J connectivity index is 0.00000147. The Hall–Kier alpha value is -3.47. The number of nitrogens with one attached hydrogen (secondary N) is 2. The first-order chi connectivity index (χ1) is 19.1. The van der Waals surface area contributed by atoms with Crippen LogP contribution < -0.4 is 15.5 Å². The SMILES string of the molecule is CC1(F)CC(NC(=O)c2cc3c(cc2F)SC[C@H](NC(=O)OC(C)(C)C)C(=O)N3Cc2ccc(Cl)cc2)C1.O=C=O. The number of thioether (sulfide) groups is 1. The number of amides is 3. The molecule has 2 aromatic carbocycles. The van der Waals surface area contributed by atoms with Crippen molar-refractivity contribution in [1.29, 1.82) is 0 Å². The molecule has 0 radical (unpaired) electrons. The van der Waals surface area contributed by atoms with Crippen molar-refractivity contribution in [1.82, 2.24) is 10.6 Å². The lowest BCUT2D eigenvalue weighted by atomic mass is 9.79. The molecule has 0 aromatic heterocycles. The summed E-state index contributed by atoms with van der Waals surface area (Å²) in [7, 11) is 0. The van der Waals surface area contributed by atoms with Gasteiger partial charge in [-0.15, -0.1) is 11.8 Å². The van der Waals surface area contributed by atoms with Crippen LogP contribution in [0, 0.1) is 5.82 Å². The van der Waals surface area contributed by atoms with E-state index in [1.165, 1.54) is 35.7 Å². The van der Waals surface area contributed by atoms with Crippen LogP contribution in [0.1, 0.15) is 56.5 Å². The molecule has 1 aliphatic heterocycles. The lowest BCUT2D eigenvalue weighted by Gasteiger charge is -2.39. The molecule has 3 amide bonds. The van der Waals surface area contributed by atoms with Gasteiger partial charge in [-0.3, -0.25) is 9.59 Å². The number of carbonyl (C=O) groups excluding carboxylic acids is 5. The van der Waals surface area contributed by atoms with E-state index in [1.807, 2.05) is 0 Å². The second-order valence-electron chi connectivity index (χ2n) is 10.9. The third kappa shape index (κ3) is 8.76. The van der Waals surface area contributed by atoms with Crippen LogP contribution in [0.4, 0.5) is 19.3 Å². The van der Waals surface area contributed by atoms with Crippen molar-refractivity contribution in [3.8, 4) is 0 Å². The number of alkyl halides is 1. The zero-order valence-electron chi connectivity index (χ0n) is 22.9. The fourth-order valence-corrected chi connectivity index (χ4v) is 5.62. The molecule has 2 aromatic rings. The molecule has 0 saturated heterocycles. The smallest absolute Gasteiger partial charge is 0.408 e. The average Bonchev–Trinajstić information content (AvgIpc) is 2.95. The van der Waals surface area contributed by atoms with E-state index in [2.05, 4.69) is 10.6 Å². The van der Waals surface area contributed by atoms with Gasteiger partial charge < -0.3 is 20.3 Å². The van der Waals surface area contributed by atoms with Crippen molar-refractivity contribution in [2.45, 2.75) is 75.3 Å². The van der Waals surface area contributed by atoms with Crippen LogP contribution in [-0.2, 0) is 25.7 Å².